The normalized spacial score (nSPS) is 12.0. The van der Waals surface area contributed by atoms with Crippen LogP contribution < -0.4 is 20.9 Å². The minimum atomic E-state index is -0.923. The van der Waals surface area contributed by atoms with Gasteiger partial charge < -0.3 is 13.9 Å². The van der Waals surface area contributed by atoms with E-state index in [1.807, 2.05) is 28.7 Å². The molecule has 3 rings (SSSR count). The number of rotatable bonds is 4. The van der Waals surface area contributed by atoms with Crippen molar-refractivity contribution in [1.82, 2.24) is 9.55 Å². The van der Waals surface area contributed by atoms with Gasteiger partial charge in [0, 0.05) is 13.2 Å². The summed E-state index contributed by atoms with van der Waals surface area (Å²) in [6.07, 6.45) is 0.476. The third-order valence-electron chi connectivity index (χ3n) is 3.53. The molecule has 1 atom stereocenters. The Hall–Kier alpha value is -2.69. The summed E-state index contributed by atoms with van der Waals surface area (Å²) in [4.78, 5) is 40.2. The molecule has 2 aromatic heterocycles. The number of para-hydroxylation sites is 1. The molecule has 1 aromatic carbocycles. The largest absolute Gasteiger partial charge is 0.479 e. The number of benzene rings is 1. The van der Waals surface area contributed by atoms with Gasteiger partial charge >= 0.3 is 17.4 Å². The zero-order valence-corrected chi connectivity index (χ0v) is 15.9. The van der Waals surface area contributed by atoms with Gasteiger partial charge in [-0.15, -0.1) is 0 Å². The van der Waals surface area contributed by atoms with Crippen LogP contribution in [-0.2, 0) is 11.8 Å². The van der Waals surface area contributed by atoms with Crippen LogP contribution in [0.15, 0.2) is 50.5 Å². The van der Waals surface area contributed by atoms with Crippen LogP contribution in [0.3, 0.4) is 0 Å². The molecule has 0 aliphatic heterocycles. The van der Waals surface area contributed by atoms with Gasteiger partial charge in [-0.3, -0.25) is 4.57 Å². The summed E-state index contributed by atoms with van der Waals surface area (Å²) in [6, 6.07) is 8.79. The molecule has 9 heteroatoms. The highest BCUT2D eigenvalue weighted by Gasteiger charge is 2.23. The van der Waals surface area contributed by atoms with E-state index in [4.69, 9.17) is 9.47 Å². The summed E-state index contributed by atoms with van der Waals surface area (Å²) in [5.74, 6) is -1.07. The molecule has 0 aliphatic carbocycles. The first kappa shape index (κ1) is 18.1. The van der Waals surface area contributed by atoms with Crippen LogP contribution in [-0.4, -0.2) is 21.6 Å². The molecule has 26 heavy (non-hydrogen) atoms. The maximum Gasteiger partial charge on any atom is 0.423 e. The summed E-state index contributed by atoms with van der Waals surface area (Å²) in [5.41, 5.74) is -0.861. The van der Waals surface area contributed by atoms with Crippen molar-refractivity contribution >= 4 is 39.6 Å². The number of pyridine rings is 1. The van der Waals surface area contributed by atoms with Crippen LogP contribution in [0.4, 0.5) is 0 Å². The molecule has 0 N–H and O–H groups in total. The van der Waals surface area contributed by atoms with Crippen LogP contribution >= 0.6 is 22.6 Å². The number of fused-ring (bicyclic) bond motifs is 1. The molecule has 0 amide bonds. The summed E-state index contributed by atoms with van der Waals surface area (Å²) in [5, 5.41) is -0.0840. The average Bonchev–Trinajstić information content (AvgIpc) is 2.62. The Morgan fingerprint density at radius 2 is 1.96 bits per heavy atom. The lowest BCUT2D eigenvalue weighted by Crippen LogP contribution is -2.30. The number of carbonyl (C=O) groups is 1. The van der Waals surface area contributed by atoms with Crippen molar-refractivity contribution in [3.8, 4) is 11.5 Å². The van der Waals surface area contributed by atoms with E-state index in [-0.39, 0.29) is 16.8 Å². The van der Waals surface area contributed by atoms with Gasteiger partial charge in [-0.2, -0.15) is 0 Å². The van der Waals surface area contributed by atoms with Gasteiger partial charge in [-0.1, -0.05) is 18.2 Å². The van der Waals surface area contributed by atoms with E-state index in [0.717, 1.165) is 4.57 Å². The molecule has 1 unspecified atom stereocenters. The summed E-state index contributed by atoms with van der Waals surface area (Å²) < 4.78 is 17.0. The Bertz CT molecular complexity index is 1090. The topological polar surface area (TPSA) is 101 Å². The van der Waals surface area contributed by atoms with E-state index in [2.05, 4.69) is 9.40 Å². The molecule has 0 radical (unpaired) electrons. The van der Waals surface area contributed by atoms with Crippen molar-refractivity contribution in [2.45, 2.75) is 13.0 Å². The highest BCUT2D eigenvalue weighted by Crippen LogP contribution is 2.27. The first-order valence-corrected chi connectivity index (χ1v) is 8.58. The third kappa shape index (κ3) is 3.47. The van der Waals surface area contributed by atoms with Crippen molar-refractivity contribution < 1.29 is 18.7 Å². The molecular weight excluding hydrogens is 455 g/mol. The highest BCUT2D eigenvalue weighted by molar-refractivity contribution is 14.1. The van der Waals surface area contributed by atoms with Gasteiger partial charge in [-0.05, 0) is 41.6 Å². The number of hydrogen-bond acceptors (Lipinski definition) is 7. The number of nitrogens with zero attached hydrogens (tertiary/aromatic N) is 2. The van der Waals surface area contributed by atoms with Crippen LogP contribution in [0.1, 0.15) is 6.92 Å². The van der Waals surface area contributed by atoms with E-state index in [9.17, 15) is 14.4 Å². The number of halogens is 1. The Labute approximate surface area is 160 Å². The number of esters is 1. The number of hydrogen-bond donors (Lipinski definition) is 0. The van der Waals surface area contributed by atoms with Gasteiger partial charge in [0.05, 0.1) is 3.57 Å². The third-order valence-corrected chi connectivity index (χ3v) is 4.30. The van der Waals surface area contributed by atoms with E-state index in [1.165, 1.54) is 20.2 Å². The fourth-order valence-electron chi connectivity index (χ4n) is 2.22. The molecule has 0 saturated heterocycles. The number of ether oxygens (including phenoxy) is 2. The van der Waals surface area contributed by atoms with Crippen molar-refractivity contribution in [1.29, 1.82) is 0 Å². The average molecular weight is 468 g/mol. The number of aryl methyl sites for hydroxylation is 1. The van der Waals surface area contributed by atoms with E-state index >= 15 is 0 Å². The SMILES string of the molecule is CC(Oc1ccccc1)C(=O)Oc1c(I)cnc2c1c(=O)oc(=O)n2C. The molecule has 8 nitrogen and oxygen atoms in total. The molecule has 0 saturated carbocycles. The number of carbonyl (C=O) groups excluding carboxylic acids is 1. The lowest BCUT2D eigenvalue weighted by Gasteiger charge is -2.15. The monoisotopic (exact) mass is 468 g/mol. The molecule has 134 valence electrons. The van der Waals surface area contributed by atoms with Crippen LogP contribution in [0, 0.1) is 3.57 Å². The summed E-state index contributed by atoms with van der Waals surface area (Å²) in [7, 11) is 1.40. The van der Waals surface area contributed by atoms with E-state index in [0.29, 0.717) is 9.32 Å². The van der Waals surface area contributed by atoms with Gasteiger partial charge in [0.25, 0.3) is 0 Å². The van der Waals surface area contributed by atoms with Gasteiger partial charge in [-0.25, -0.2) is 19.4 Å². The van der Waals surface area contributed by atoms with Gasteiger partial charge in [0.1, 0.15) is 11.1 Å². The Balaban J connectivity index is 1.97. The Morgan fingerprint density at radius 1 is 1.27 bits per heavy atom. The van der Waals surface area contributed by atoms with Crippen LogP contribution in [0.2, 0.25) is 0 Å². The molecule has 3 aromatic rings. The summed E-state index contributed by atoms with van der Waals surface area (Å²) >= 11 is 1.88. The van der Waals surface area contributed by atoms with Crippen molar-refractivity contribution in [3.63, 3.8) is 0 Å². The van der Waals surface area contributed by atoms with Crippen molar-refractivity contribution in [2.24, 2.45) is 7.05 Å². The predicted octanol–water partition coefficient (Wildman–Crippen LogP) is 1.86. The molecule has 0 spiro atoms. The maximum absolute atomic E-state index is 12.4. The smallest absolute Gasteiger partial charge is 0.423 e. The standard InChI is InChI=1S/C17H13IN2O6/c1-9(24-10-6-4-3-5-7-10)15(21)25-13-11(18)8-19-14-12(13)16(22)26-17(23)20(14)2/h3-9H,1-2H3. The highest BCUT2D eigenvalue weighted by atomic mass is 127. The quantitative estimate of drug-likeness (QED) is 0.426. The fraction of sp³-hybridized carbons (Fsp3) is 0.176. The van der Waals surface area contributed by atoms with E-state index < -0.39 is 23.5 Å². The first-order valence-electron chi connectivity index (χ1n) is 7.50. The molecule has 0 fully saturated rings. The molecule has 0 bridgehead atoms. The second-order valence-corrected chi connectivity index (χ2v) is 6.50. The van der Waals surface area contributed by atoms with Crippen molar-refractivity contribution in [3.05, 3.63) is 61.1 Å². The molecule has 2 heterocycles. The van der Waals surface area contributed by atoms with Crippen LogP contribution in [0.5, 0.6) is 11.5 Å². The zero-order valence-electron chi connectivity index (χ0n) is 13.8. The molecular formula is C17H13IN2O6. The second-order valence-electron chi connectivity index (χ2n) is 5.34. The lowest BCUT2D eigenvalue weighted by molar-refractivity contribution is -0.141. The predicted molar refractivity (Wildman–Crippen MR) is 100 cm³/mol. The number of aromatic nitrogens is 2. The van der Waals surface area contributed by atoms with Crippen molar-refractivity contribution in [2.75, 3.05) is 0 Å². The fourth-order valence-corrected chi connectivity index (χ4v) is 2.74. The second kappa shape index (κ2) is 7.28. The summed E-state index contributed by atoms with van der Waals surface area (Å²) in [6.45, 7) is 1.53. The zero-order chi connectivity index (χ0) is 18.8. The van der Waals surface area contributed by atoms with E-state index in [1.54, 1.807) is 24.3 Å². The van der Waals surface area contributed by atoms with Gasteiger partial charge in [0.2, 0.25) is 0 Å². The Morgan fingerprint density at radius 3 is 2.65 bits per heavy atom. The Kier molecular flexibility index (Phi) is 5.07. The maximum atomic E-state index is 12.4. The van der Waals surface area contributed by atoms with Crippen LogP contribution in [0.25, 0.3) is 11.0 Å². The molecule has 0 aliphatic rings. The minimum absolute atomic E-state index is 0.0199. The van der Waals surface area contributed by atoms with Gasteiger partial charge in [0.15, 0.2) is 17.5 Å². The lowest BCUT2D eigenvalue weighted by atomic mass is 10.3. The minimum Gasteiger partial charge on any atom is -0.479 e. The first-order chi connectivity index (χ1) is 12.4.